The Labute approximate surface area is 152 Å². The topological polar surface area (TPSA) is 32.3 Å². The minimum atomic E-state index is -0.400. The van der Waals surface area contributed by atoms with Crippen molar-refractivity contribution in [1.82, 2.24) is 10.2 Å². The minimum Gasteiger partial charge on any atom is -0.347 e. The van der Waals surface area contributed by atoms with Crippen molar-refractivity contribution < 1.29 is 4.79 Å². The number of hydrogen-bond acceptors (Lipinski definition) is 3. The van der Waals surface area contributed by atoms with E-state index >= 15 is 0 Å². The van der Waals surface area contributed by atoms with Gasteiger partial charge < -0.3 is 4.90 Å². The molecule has 0 aliphatic heterocycles. The molecule has 25 heavy (non-hydrogen) atoms. The minimum absolute atomic E-state index is 0.0321. The van der Waals surface area contributed by atoms with Gasteiger partial charge in [0, 0.05) is 19.0 Å². The second-order valence-electron chi connectivity index (χ2n) is 6.10. The van der Waals surface area contributed by atoms with Gasteiger partial charge >= 0.3 is 0 Å². The average Bonchev–Trinajstić information content (AvgIpc) is 3.18. The van der Waals surface area contributed by atoms with Crippen LogP contribution in [-0.4, -0.2) is 24.9 Å². The van der Waals surface area contributed by atoms with Crippen molar-refractivity contribution in [1.29, 1.82) is 0 Å². The number of thiophene rings is 1. The number of likely N-dealkylation sites (N-methyl/N-ethyl adjacent to an activating group) is 1. The summed E-state index contributed by atoms with van der Waals surface area (Å²) < 4.78 is 0. The molecule has 128 valence electrons. The highest BCUT2D eigenvalue weighted by Gasteiger charge is 2.27. The van der Waals surface area contributed by atoms with Crippen LogP contribution in [-0.2, 0) is 4.79 Å². The molecule has 3 nitrogen and oxygen atoms in total. The number of nitrogens with one attached hydrogen (secondary N) is 1. The number of carbonyl (C=O) groups is 1. The van der Waals surface area contributed by atoms with Crippen LogP contribution in [0.15, 0.2) is 78.2 Å². The zero-order chi connectivity index (χ0) is 17.6. The lowest BCUT2D eigenvalue weighted by Crippen LogP contribution is -2.38. The molecule has 0 radical (unpaired) electrons. The van der Waals surface area contributed by atoms with Gasteiger partial charge in [-0.25, -0.2) is 0 Å². The lowest BCUT2D eigenvalue weighted by molar-refractivity contribution is -0.131. The van der Waals surface area contributed by atoms with E-state index in [0.29, 0.717) is 0 Å². The second-order valence-corrected chi connectivity index (χ2v) is 7.08. The van der Waals surface area contributed by atoms with Crippen molar-refractivity contribution in [3.8, 4) is 0 Å². The number of hydrogen-bond donors (Lipinski definition) is 1. The van der Waals surface area contributed by atoms with E-state index in [1.165, 1.54) is 4.88 Å². The Morgan fingerprint density at radius 1 is 0.880 bits per heavy atom. The molecule has 0 spiro atoms. The third kappa shape index (κ3) is 4.16. The van der Waals surface area contributed by atoms with Crippen molar-refractivity contribution in [2.24, 2.45) is 0 Å². The van der Waals surface area contributed by atoms with Crippen LogP contribution < -0.4 is 5.32 Å². The van der Waals surface area contributed by atoms with Crippen LogP contribution in [0.1, 0.15) is 28.1 Å². The Kier molecular flexibility index (Phi) is 5.64. The summed E-state index contributed by atoms with van der Waals surface area (Å²) in [4.78, 5) is 15.7. The van der Waals surface area contributed by atoms with Gasteiger partial charge in [0.05, 0.1) is 6.04 Å². The molecule has 0 aliphatic carbocycles. The van der Waals surface area contributed by atoms with Crippen molar-refractivity contribution in [3.63, 3.8) is 0 Å². The first kappa shape index (κ1) is 17.4. The van der Waals surface area contributed by atoms with Crippen molar-refractivity contribution in [2.45, 2.75) is 12.1 Å². The Morgan fingerprint density at radius 2 is 1.48 bits per heavy atom. The van der Waals surface area contributed by atoms with Crippen LogP contribution in [0.2, 0.25) is 0 Å². The van der Waals surface area contributed by atoms with Gasteiger partial charge in [-0.3, -0.25) is 10.1 Å². The maximum Gasteiger partial charge on any atom is 0.243 e. The Bertz CT molecular complexity index is 785. The van der Waals surface area contributed by atoms with Crippen LogP contribution >= 0.6 is 11.3 Å². The molecule has 1 aromatic heterocycles. The van der Waals surface area contributed by atoms with Crippen LogP contribution in [0.25, 0.3) is 0 Å². The number of carbonyl (C=O) groups excluding carboxylic acids is 1. The van der Waals surface area contributed by atoms with Crippen LogP contribution in [0.5, 0.6) is 0 Å². The molecule has 3 aromatic rings. The van der Waals surface area contributed by atoms with Crippen LogP contribution in [0.4, 0.5) is 0 Å². The van der Waals surface area contributed by atoms with E-state index in [4.69, 9.17) is 0 Å². The van der Waals surface area contributed by atoms with Crippen LogP contribution in [0, 0.1) is 0 Å². The molecule has 1 N–H and O–H groups in total. The molecular formula is C21H22N2OS. The molecule has 4 heteroatoms. The third-order valence-corrected chi connectivity index (χ3v) is 5.05. The monoisotopic (exact) mass is 350 g/mol. The highest BCUT2D eigenvalue weighted by atomic mass is 32.1. The molecule has 0 bridgehead atoms. The summed E-state index contributed by atoms with van der Waals surface area (Å²) in [6.07, 6.45) is 0. The Balaban J connectivity index is 1.98. The molecule has 0 saturated heterocycles. The van der Waals surface area contributed by atoms with Gasteiger partial charge in [-0.2, -0.15) is 0 Å². The number of benzene rings is 2. The second kappa shape index (κ2) is 8.10. The number of nitrogens with zero attached hydrogens (tertiary/aromatic N) is 1. The predicted molar refractivity (Wildman–Crippen MR) is 104 cm³/mol. The zero-order valence-electron chi connectivity index (χ0n) is 14.4. The van der Waals surface area contributed by atoms with E-state index in [2.05, 4.69) is 28.9 Å². The fraction of sp³-hybridized carbons (Fsp3) is 0.190. The SMILES string of the molecule is CN(C)C(=O)[C@H](N[C@@H](c1ccccc1)c1cccs1)c1ccccc1. The van der Waals surface area contributed by atoms with Gasteiger partial charge in [0.15, 0.2) is 0 Å². The van der Waals surface area contributed by atoms with Gasteiger partial charge in [-0.1, -0.05) is 66.7 Å². The molecule has 1 heterocycles. The van der Waals surface area contributed by atoms with Gasteiger partial charge in [-0.05, 0) is 22.6 Å². The van der Waals surface area contributed by atoms with Gasteiger partial charge in [0.25, 0.3) is 0 Å². The summed E-state index contributed by atoms with van der Waals surface area (Å²) in [6.45, 7) is 0. The maximum atomic E-state index is 12.8. The molecule has 0 fully saturated rings. The first-order chi connectivity index (χ1) is 12.2. The molecule has 0 saturated carbocycles. The summed E-state index contributed by atoms with van der Waals surface area (Å²) in [5.41, 5.74) is 2.12. The fourth-order valence-corrected chi connectivity index (χ4v) is 3.64. The summed E-state index contributed by atoms with van der Waals surface area (Å²) in [6, 6.07) is 23.9. The standard InChI is InChI=1S/C21H22N2OS/c1-23(2)21(24)20(17-12-7-4-8-13-17)22-19(18-14-9-15-25-18)16-10-5-3-6-11-16/h3-15,19-20,22H,1-2H3/t19-,20+/m0/s1. The van der Waals surface area contributed by atoms with E-state index in [-0.39, 0.29) is 11.9 Å². The summed E-state index contributed by atoms with van der Waals surface area (Å²) >= 11 is 1.70. The van der Waals surface area contributed by atoms with E-state index in [0.717, 1.165) is 11.1 Å². The van der Waals surface area contributed by atoms with Crippen molar-refractivity contribution >= 4 is 17.2 Å². The Morgan fingerprint density at radius 3 is 2.00 bits per heavy atom. The summed E-state index contributed by atoms with van der Waals surface area (Å²) in [5, 5.41) is 5.66. The first-order valence-electron chi connectivity index (χ1n) is 8.27. The quantitative estimate of drug-likeness (QED) is 0.720. The largest absolute Gasteiger partial charge is 0.347 e. The Hall–Kier alpha value is -2.43. The summed E-state index contributed by atoms with van der Waals surface area (Å²) in [7, 11) is 3.59. The van der Waals surface area contributed by atoms with E-state index in [1.807, 2.05) is 54.6 Å². The lowest BCUT2D eigenvalue weighted by atomic mass is 10.0. The van der Waals surface area contributed by atoms with Crippen molar-refractivity contribution in [3.05, 3.63) is 94.2 Å². The van der Waals surface area contributed by atoms with Crippen molar-refractivity contribution in [2.75, 3.05) is 14.1 Å². The fourth-order valence-electron chi connectivity index (χ4n) is 2.82. The average molecular weight is 350 g/mol. The molecular weight excluding hydrogens is 328 g/mol. The molecule has 2 atom stereocenters. The molecule has 3 rings (SSSR count). The van der Waals surface area contributed by atoms with E-state index in [1.54, 1.807) is 30.3 Å². The third-order valence-electron chi connectivity index (χ3n) is 4.11. The molecule has 0 aliphatic rings. The highest BCUT2D eigenvalue weighted by molar-refractivity contribution is 7.10. The number of rotatable bonds is 6. The van der Waals surface area contributed by atoms with Crippen LogP contribution in [0.3, 0.4) is 0 Å². The number of amides is 1. The maximum absolute atomic E-state index is 12.8. The normalized spacial score (nSPS) is 13.2. The molecule has 2 aromatic carbocycles. The predicted octanol–water partition coefficient (Wildman–Crippen LogP) is 4.26. The zero-order valence-corrected chi connectivity index (χ0v) is 15.2. The van der Waals surface area contributed by atoms with E-state index < -0.39 is 6.04 Å². The van der Waals surface area contributed by atoms with Gasteiger partial charge in [0.1, 0.15) is 6.04 Å². The lowest BCUT2D eigenvalue weighted by Gasteiger charge is -2.27. The van der Waals surface area contributed by atoms with E-state index in [9.17, 15) is 4.79 Å². The molecule has 0 unspecified atom stereocenters. The smallest absolute Gasteiger partial charge is 0.243 e. The summed E-state index contributed by atoms with van der Waals surface area (Å²) in [5.74, 6) is 0.0451. The van der Waals surface area contributed by atoms with Gasteiger partial charge in [0.2, 0.25) is 5.91 Å². The molecule has 1 amide bonds. The highest BCUT2D eigenvalue weighted by Crippen LogP contribution is 2.29. The van der Waals surface area contributed by atoms with Gasteiger partial charge in [-0.15, -0.1) is 11.3 Å². The first-order valence-corrected chi connectivity index (χ1v) is 9.15.